The van der Waals surface area contributed by atoms with E-state index in [4.69, 9.17) is 15.2 Å². The molecule has 3 atom stereocenters. The number of Topliss-reactive ketones (excluding diaryl/α,β-unsaturated/α-hetero) is 1. The van der Waals surface area contributed by atoms with Crippen molar-refractivity contribution in [2.75, 3.05) is 13.2 Å². The van der Waals surface area contributed by atoms with Crippen LogP contribution in [0.3, 0.4) is 0 Å². The lowest BCUT2D eigenvalue weighted by molar-refractivity contribution is -0.141. The van der Waals surface area contributed by atoms with Crippen LogP contribution in [0.15, 0.2) is 48.5 Å². The van der Waals surface area contributed by atoms with Gasteiger partial charge in [-0.1, -0.05) is 48.5 Å². The number of carboxylic acid groups (broad SMARTS) is 2. The number of alkyl carbamates (subject to hydrolysis) is 1. The predicted octanol–water partition coefficient (Wildman–Crippen LogP) is 1.76. The van der Waals surface area contributed by atoms with E-state index in [-0.39, 0.29) is 31.6 Å². The number of rotatable bonds is 20. The molecule has 2 aromatic carbocycles. The fraction of sp³-hybridized carbons (Fsp3) is 0.424. The summed E-state index contributed by atoms with van der Waals surface area (Å²) < 4.78 is 10.3. The van der Waals surface area contributed by atoms with E-state index < -0.39 is 79.2 Å². The molecule has 0 saturated heterocycles. The Labute approximate surface area is 277 Å². The van der Waals surface area contributed by atoms with E-state index in [2.05, 4.69) is 16.0 Å². The summed E-state index contributed by atoms with van der Waals surface area (Å²) in [7, 11) is 0. The maximum absolute atomic E-state index is 13.4. The first-order chi connectivity index (χ1) is 22.8. The van der Waals surface area contributed by atoms with Crippen molar-refractivity contribution in [3.8, 4) is 0 Å². The van der Waals surface area contributed by atoms with E-state index in [0.717, 1.165) is 0 Å². The number of unbranched alkanes of at least 4 members (excludes halogenated alkanes) is 1. The van der Waals surface area contributed by atoms with Gasteiger partial charge in [-0.15, -0.1) is 0 Å². The molecule has 7 N–H and O–H groups in total. The number of carbonyl (C=O) groups is 7. The molecular formula is C33H42N4O11. The highest BCUT2D eigenvalue weighted by Gasteiger charge is 2.31. The monoisotopic (exact) mass is 670 g/mol. The molecule has 0 radical (unpaired) electrons. The molecule has 0 saturated carbocycles. The first-order valence-electron chi connectivity index (χ1n) is 15.3. The van der Waals surface area contributed by atoms with Gasteiger partial charge in [0.1, 0.15) is 24.7 Å². The molecule has 0 heterocycles. The molecule has 48 heavy (non-hydrogen) atoms. The molecule has 0 aliphatic carbocycles. The number of nitrogens with one attached hydrogen (secondary N) is 3. The van der Waals surface area contributed by atoms with Gasteiger partial charge in [0.05, 0.1) is 12.0 Å². The van der Waals surface area contributed by atoms with Gasteiger partial charge in [0.15, 0.2) is 12.4 Å². The van der Waals surface area contributed by atoms with Crippen molar-refractivity contribution in [3.05, 3.63) is 70.8 Å². The van der Waals surface area contributed by atoms with Gasteiger partial charge in [0.25, 0.3) is 0 Å². The zero-order chi connectivity index (χ0) is 35.6. The van der Waals surface area contributed by atoms with Crippen LogP contribution in [-0.2, 0) is 40.1 Å². The molecule has 0 aliphatic heterocycles. The van der Waals surface area contributed by atoms with Gasteiger partial charge in [-0.3, -0.25) is 24.0 Å². The number of hydrogen-bond donors (Lipinski definition) is 6. The number of carboxylic acids is 2. The van der Waals surface area contributed by atoms with E-state index in [1.165, 1.54) is 0 Å². The summed E-state index contributed by atoms with van der Waals surface area (Å²) in [5.41, 5.74) is 7.71. The number of esters is 1. The van der Waals surface area contributed by atoms with Crippen LogP contribution < -0.4 is 21.7 Å². The zero-order valence-corrected chi connectivity index (χ0v) is 26.9. The average Bonchev–Trinajstić information content (AvgIpc) is 3.03. The molecule has 2 rings (SSSR count). The average molecular weight is 671 g/mol. The molecular weight excluding hydrogens is 628 g/mol. The number of ketones is 1. The Morgan fingerprint density at radius 1 is 0.729 bits per heavy atom. The molecule has 3 amide bonds. The summed E-state index contributed by atoms with van der Waals surface area (Å²) in [6, 6.07) is 9.42. The number of nitrogens with two attached hydrogens (primary N) is 1. The van der Waals surface area contributed by atoms with E-state index >= 15 is 0 Å². The highest BCUT2D eigenvalue weighted by atomic mass is 16.5. The van der Waals surface area contributed by atoms with E-state index in [0.29, 0.717) is 29.5 Å². The second-order valence-corrected chi connectivity index (χ2v) is 11.0. The Kier molecular flexibility index (Phi) is 16.2. The van der Waals surface area contributed by atoms with E-state index in [1.807, 2.05) is 0 Å². The highest BCUT2D eigenvalue weighted by Crippen LogP contribution is 2.15. The molecule has 0 unspecified atom stereocenters. The van der Waals surface area contributed by atoms with Crippen LogP contribution >= 0.6 is 0 Å². The summed E-state index contributed by atoms with van der Waals surface area (Å²) in [6.07, 6.45) is -1.89. The first kappa shape index (κ1) is 38.9. The van der Waals surface area contributed by atoms with Gasteiger partial charge in [0.2, 0.25) is 11.8 Å². The van der Waals surface area contributed by atoms with Crippen molar-refractivity contribution in [1.82, 2.24) is 16.0 Å². The minimum Gasteiger partial charge on any atom is -0.481 e. The van der Waals surface area contributed by atoms with Crippen molar-refractivity contribution in [1.29, 1.82) is 0 Å². The fourth-order valence-electron chi connectivity index (χ4n) is 4.62. The van der Waals surface area contributed by atoms with Crippen LogP contribution in [0.4, 0.5) is 4.79 Å². The normalized spacial score (nSPS) is 12.5. The van der Waals surface area contributed by atoms with Crippen LogP contribution in [0.1, 0.15) is 65.6 Å². The maximum atomic E-state index is 13.4. The zero-order valence-electron chi connectivity index (χ0n) is 26.9. The molecule has 260 valence electrons. The lowest BCUT2D eigenvalue weighted by atomic mass is 10.0. The summed E-state index contributed by atoms with van der Waals surface area (Å²) in [5.74, 6) is -6.20. The maximum Gasteiger partial charge on any atom is 0.408 e. The number of ether oxygens (including phenoxy) is 2. The molecule has 0 spiro atoms. The second-order valence-electron chi connectivity index (χ2n) is 11.0. The largest absolute Gasteiger partial charge is 0.481 e. The SMILES string of the molecule is Cc1cccc(C)c1C(=O)OCC(=O)[C@H](CC(=O)O)NC(=O)[C@H](CCCCN)NC(=O)[C@H](CCC(=O)O)NC(=O)OCc1ccccc1. The number of amides is 3. The Bertz CT molecular complexity index is 1430. The van der Waals surface area contributed by atoms with E-state index in [1.54, 1.807) is 62.4 Å². The summed E-state index contributed by atoms with van der Waals surface area (Å²) in [4.78, 5) is 87.6. The number of aryl methyl sites for hydroxylation is 2. The van der Waals surface area contributed by atoms with Crippen LogP contribution in [0, 0.1) is 13.8 Å². The van der Waals surface area contributed by atoms with Gasteiger partial charge in [-0.25, -0.2) is 9.59 Å². The smallest absolute Gasteiger partial charge is 0.408 e. The standard InChI is InChI=1S/C33H42N4O11/c1-20-9-8-10-21(2)29(20)32(45)47-19-26(38)25(17-28(41)42)36-30(43)23(13-6-7-16-34)35-31(44)24(14-15-27(39)40)37-33(46)48-18-22-11-4-3-5-12-22/h3-5,8-12,23-25H,6-7,13-19,34H2,1-2H3,(H,35,44)(H,36,43)(H,37,46)(H,39,40)(H,41,42)/t23-,24-,25-/m0/s1. The van der Waals surface area contributed by atoms with Crippen molar-refractivity contribution >= 4 is 41.6 Å². The number of benzene rings is 2. The lowest BCUT2D eigenvalue weighted by Crippen LogP contribution is -2.56. The van der Waals surface area contributed by atoms with Gasteiger partial charge in [0, 0.05) is 6.42 Å². The molecule has 15 heteroatoms. The minimum atomic E-state index is -1.62. The molecule has 2 aromatic rings. The van der Waals surface area contributed by atoms with Crippen molar-refractivity contribution in [3.63, 3.8) is 0 Å². The summed E-state index contributed by atoms with van der Waals surface area (Å²) in [6.45, 7) is 2.69. The third-order valence-electron chi connectivity index (χ3n) is 7.16. The van der Waals surface area contributed by atoms with Gasteiger partial charge < -0.3 is 41.4 Å². The Morgan fingerprint density at radius 2 is 1.33 bits per heavy atom. The van der Waals surface area contributed by atoms with Crippen molar-refractivity contribution in [2.45, 2.75) is 77.1 Å². The molecule has 0 bridgehead atoms. The van der Waals surface area contributed by atoms with Crippen LogP contribution in [-0.4, -0.2) is 83.1 Å². The van der Waals surface area contributed by atoms with E-state index in [9.17, 15) is 43.8 Å². The van der Waals surface area contributed by atoms with Gasteiger partial charge in [-0.2, -0.15) is 0 Å². The molecule has 0 fully saturated rings. The molecule has 0 aliphatic rings. The van der Waals surface area contributed by atoms with Crippen molar-refractivity contribution < 1.29 is 53.2 Å². The number of aliphatic carboxylic acids is 2. The Hall–Kier alpha value is -5.31. The molecule has 0 aromatic heterocycles. The van der Waals surface area contributed by atoms with Gasteiger partial charge >= 0.3 is 24.0 Å². The quantitative estimate of drug-likeness (QED) is 0.0872. The van der Waals surface area contributed by atoms with Crippen molar-refractivity contribution in [2.24, 2.45) is 5.73 Å². The van der Waals surface area contributed by atoms with Crippen LogP contribution in [0.25, 0.3) is 0 Å². The van der Waals surface area contributed by atoms with Crippen LogP contribution in [0.5, 0.6) is 0 Å². The Balaban J connectivity index is 2.16. The topological polar surface area (TPSA) is 241 Å². The number of hydrogen-bond acceptors (Lipinski definition) is 10. The highest BCUT2D eigenvalue weighted by molar-refractivity contribution is 5.98. The predicted molar refractivity (Wildman–Crippen MR) is 171 cm³/mol. The Morgan fingerprint density at radius 3 is 1.92 bits per heavy atom. The fourth-order valence-corrected chi connectivity index (χ4v) is 4.62. The lowest BCUT2D eigenvalue weighted by Gasteiger charge is -2.24. The molecule has 15 nitrogen and oxygen atoms in total. The third-order valence-corrected chi connectivity index (χ3v) is 7.16. The van der Waals surface area contributed by atoms with Crippen LogP contribution in [0.2, 0.25) is 0 Å². The summed E-state index contributed by atoms with van der Waals surface area (Å²) in [5, 5.41) is 25.7. The number of carbonyl (C=O) groups excluding carboxylic acids is 5. The van der Waals surface area contributed by atoms with Gasteiger partial charge in [-0.05, 0) is 62.8 Å². The second kappa shape index (κ2) is 20.0. The third kappa shape index (κ3) is 13.6. The first-order valence-corrected chi connectivity index (χ1v) is 15.3. The summed E-state index contributed by atoms with van der Waals surface area (Å²) >= 11 is 0. The minimum absolute atomic E-state index is 0.00834.